The number of pyridine rings is 1. The van der Waals surface area contributed by atoms with Crippen molar-refractivity contribution in [2.24, 2.45) is 5.73 Å². The molecule has 2 nitrogen and oxygen atoms in total. The molecule has 2 N–H and O–H groups in total. The van der Waals surface area contributed by atoms with Crippen LogP contribution in [0.15, 0.2) is 42.6 Å². The SMILES string of the molecule is Cc1ccc(CC(N)Cc2ccccn2)cc1C. The van der Waals surface area contributed by atoms with Gasteiger partial charge >= 0.3 is 0 Å². The minimum absolute atomic E-state index is 0.127. The second-order valence-corrected chi connectivity index (χ2v) is 4.91. The van der Waals surface area contributed by atoms with Crippen molar-refractivity contribution in [3.05, 3.63) is 65.0 Å². The summed E-state index contributed by atoms with van der Waals surface area (Å²) in [6.07, 6.45) is 3.55. The van der Waals surface area contributed by atoms with Crippen molar-refractivity contribution < 1.29 is 0 Å². The van der Waals surface area contributed by atoms with Crippen LogP contribution in [0.2, 0.25) is 0 Å². The molecule has 1 aromatic heterocycles. The molecule has 0 aliphatic carbocycles. The molecule has 0 spiro atoms. The largest absolute Gasteiger partial charge is 0.327 e. The van der Waals surface area contributed by atoms with Gasteiger partial charge in [0, 0.05) is 24.4 Å². The zero-order valence-corrected chi connectivity index (χ0v) is 11.1. The van der Waals surface area contributed by atoms with E-state index in [1.54, 1.807) is 0 Å². The molecule has 2 heteroatoms. The van der Waals surface area contributed by atoms with Gasteiger partial charge in [-0.25, -0.2) is 0 Å². The highest BCUT2D eigenvalue weighted by Gasteiger charge is 2.06. The van der Waals surface area contributed by atoms with E-state index in [1.807, 2.05) is 24.4 Å². The van der Waals surface area contributed by atoms with E-state index in [9.17, 15) is 0 Å². The van der Waals surface area contributed by atoms with Gasteiger partial charge < -0.3 is 5.73 Å². The van der Waals surface area contributed by atoms with E-state index in [-0.39, 0.29) is 6.04 Å². The van der Waals surface area contributed by atoms with E-state index in [2.05, 4.69) is 37.0 Å². The third kappa shape index (κ3) is 3.41. The van der Waals surface area contributed by atoms with E-state index in [0.29, 0.717) is 0 Å². The quantitative estimate of drug-likeness (QED) is 0.892. The van der Waals surface area contributed by atoms with Gasteiger partial charge in [-0.2, -0.15) is 0 Å². The Morgan fingerprint density at radius 2 is 1.89 bits per heavy atom. The molecular weight excluding hydrogens is 220 g/mol. The first-order chi connectivity index (χ1) is 8.65. The molecule has 0 amide bonds. The van der Waals surface area contributed by atoms with Crippen LogP contribution in [0, 0.1) is 13.8 Å². The fraction of sp³-hybridized carbons (Fsp3) is 0.312. The molecule has 0 aliphatic rings. The van der Waals surface area contributed by atoms with Gasteiger partial charge in [0.05, 0.1) is 0 Å². The van der Waals surface area contributed by atoms with Crippen LogP contribution in [-0.2, 0) is 12.8 Å². The molecule has 0 fully saturated rings. The number of nitrogens with zero attached hydrogens (tertiary/aromatic N) is 1. The summed E-state index contributed by atoms with van der Waals surface area (Å²) in [6.45, 7) is 4.27. The Morgan fingerprint density at radius 1 is 1.06 bits per heavy atom. The average Bonchev–Trinajstić information content (AvgIpc) is 2.35. The molecule has 0 saturated carbocycles. The maximum atomic E-state index is 6.19. The second kappa shape index (κ2) is 5.78. The van der Waals surface area contributed by atoms with Crippen molar-refractivity contribution in [2.45, 2.75) is 32.7 Å². The molecule has 1 heterocycles. The van der Waals surface area contributed by atoms with Gasteiger partial charge in [-0.1, -0.05) is 24.3 Å². The average molecular weight is 240 g/mol. The monoisotopic (exact) mass is 240 g/mol. The molecule has 0 bridgehead atoms. The number of rotatable bonds is 4. The normalized spacial score (nSPS) is 12.4. The molecule has 0 saturated heterocycles. The van der Waals surface area contributed by atoms with E-state index in [1.165, 1.54) is 16.7 Å². The molecule has 94 valence electrons. The summed E-state index contributed by atoms with van der Waals surface area (Å²) >= 11 is 0. The molecule has 1 aromatic carbocycles. The number of nitrogens with two attached hydrogens (primary N) is 1. The number of hydrogen-bond acceptors (Lipinski definition) is 2. The van der Waals surface area contributed by atoms with Crippen LogP contribution in [0.5, 0.6) is 0 Å². The smallest absolute Gasteiger partial charge is 0.0419 e. The lowest BCUT2D eigenvalue weighted by Crippen LogP contribution is -2.26. The van der Waals surface area contributed by atoms with Crippen molar-refractivity contribution in [1.82, 2.24) is 4.98 Å². The summed E-state index contributed by atoms with van der Waals surface area (Å²) in [7, 11) is 0. The van der Waals surface area contributed by atoms with Gasteiger partial charge in [-0.15, -0.1) is 0 Å². The number of benzene rings is 1. The van der Waals surface area contributed by atoms with Crippen molar-refractivity contribution in [1.29, 1.82) is 0 Å². The molecule has 0 aliphatic heterocycles. The summed E-state index contributed by atoms with van der Waals surface area (Å²) < 4.78 is 0. The zero-order valence-electron chi connectivity index (χ0n) is 11.1. The van der Waals surface area contributed by atoms with Gasteiger partial charge in [0.15, 0.2) is 0 Å². The van der Waals surface area contributed by atoms with E-state index in [4.69, 9.17) is 5.73 Å². The van der Waals surface area contributed by atoms with Gasteiger partial charge in [-0.05, 0) is 49.1 Å². The summed E-state index contributed by atoms with van der Waals surface area (Å²) in [5.74, 6) is 0. The fourth-order valence-electron chi connectivity index (χ4n) is 2.09. The summed E-state index contributed by atoms with van der Waals surface area (Å²) in [5, 5.41) is 0. The minimum Gasteiger partial charge on any atom is -0.327 e. The van der Waals surface area contributed by atoms with Gasteiger partial charge in [0.1, 0.15) is 0 Å². The third-order valence-electron chi connectivity index (χ3n) is 3.27. The summed E-state index contributed by atoms with van der Waals surface area (Å²) in [6, 6.07) is 12.7. The molecule has 1 atom stereocenters. The van der Waals surface area contributed by atoms with Gasteiger partial charge in [0.2, 0.25) is 0 Å². The summed E-state index contributed by atoms with van der Waals surface area (Å²) in [5.41, 5.74) is 11.2. The lowest BCUT2D eigenvalue weighted by Gasteiger charge is -2.12. The van der Waals surface area contributed by atoms with Crippen LogP contribution in [0.4, 0.5) is 0 Å². The highest BCUT2D eigenvalue weighted by Crippen LogP contribution is 2.12. The van der Waals surface area contributed by atoms with Crippen molar-refractivity contribution >= 4 is 0 Å². The standard InChI is InChI=1S/C16H20N2/c1-12-6-7-14(9-13(12)2)10-15(17)11-16-5-3-4-8-18-16/h3-9,15H,10-11,17H2,1-2H3. The highest BCUT2D eigenvalue weighted by atomic mass is 14.7. The molecule has 2 rings (SSSR count). The highest BCUT2D eigenvalue weighted by molar-refractivity contribution is 5.30. The van der Waals surface area contributed by atoms with E-state index < -0.39 is 0 Å². The summed E-state index contributed by atoms with van der Waals surface area (Å²) in [4.78, 5) is 4.31. The number of aryl methyl sites for hydroxylation is 2. The molecule has 2 aromatic rings. The van der Waals surface area contributed by atoms with Gasteiger partial charge in [-0.3, -0.25) is 4.98 Å². The third-order valence-corrected chi connectivity index (χ3v) is 3.27. The first-order valence-electron chi connectivity index (χ1n) is 6.37. The van der Waals surface area contributed by atoms with Crippen molar-refractivity contribution in [3.63, 3.8) is 0 Å². The predicted octanol–water partition coefficient (Wildman–Crippen LogP) is 2.81. The van der Waals surface area contributed by atoms with Crippen LogP contribution in [0.25, 0.3) is 0 Å². The van der Waals surface area contributed by atoms with Crippen molar-refractivity contribution in [3.8, 4) is 0 Å². The molecule has 1 unspecified atom stereocenters. The Kier molecular flexibility index (Phi) is 4.11. The Morgan fingerprint density at radius 3 is 2.56 bits per heavy atom. The second-order valence-electron chi connectivity index (χ2n) is 4.91. The lowest BCUT2D eigenvalue weighted by atomic mass is 9.99. The topological polar surface area (TPSA) is 38.9 Å². The van der Waals surface area contributed by atoms with Crippen LogP contribution >= 0.6 is 0 Å². The van der Waals surface area contributed by atoms with Crippen LogP contribution in [-0.4, -0.2) is 11.0 Å². The predicted molar refractivity (Wildman–Crippen MR) is 75.5 cm³/mol. The lowest BCUT2D eigenvalue weighted by molar-refractivity contribution is 0.654. The minimum atomic E-state index is 0.127. The Balaban J connectivity index is 1.99. The van der Waals surface area contributed by atoms with Gasteiger partial charge in [0.25, 0.3) is 0 Å². The Labute approximate surface area is 109 Å². The first-order valence-corrected chi connectivity index (χ1v) is 6.37. The zero-order chi connectivity index (χ0) is 13.0. The maximum absolute atomic E-state index is 6.19. The van der Waals surface area contributed by atoms with Crippen LogP contribution in [0.3, 0.4) is 0 Å². The van der Waals surface area contributed by atoms with E-state index >= 15 is 0 Å². The molecule has 0 radical (unpaired) electrons. The fourth-order valence-corrected chi connectivity index (χ4v) is 2.09. The van der Waals surface area contributed by atoms with E-state index in [0.717, 1.165) is 18.5 Å². The Hall–Kier alpha value is -1.67. The van der Waals surface area contributed by atoms with Crippen LogP contribution < -0.4 is 5.73 Å². The maximum Gasteiger partial charge on any atom is 0.0419 e. The van der Waals surface area contributed by atoms with Crippen molar-refractivity contribution in [2.75, 3.05) is 0 Å². The molecule has 18 heavy (non-hydrogen) atoms. The number of aromatic nitrogens is 1. The van der Waals surface area contributed by atoms with Crippen LogP contribution in [0.1, 0.15) is 22.4 Å². The molecular formula is C16H20N2. The first kappa shape index (κ1) is 12.8. The Bertz CT molecular complexity index is 506. The number of hydrogen-bond donors (Lipinski definition) is 1.